The van der Waals surface area contributed by atoms with Gasteiger partial charge in [-0.1, -0.05) is 6.07 Å². The highest BCUT2D eigenvalue weighted by Crippen LogP contribution is 2.42. The Labute approximate surface area is 196 Å². The molecule has 0 radical (unpaired) electrons. The van der Waals surface area contributed by atoms with Crippen molar-refractivity contribution in [2.75, 3.05) is 38.2 Å². The van der Waals surface area contributed by atoms with Crippen molar-refractivity contribution in [3.63, 3.8) is 0 Å². The molecule has 0 amide bonds. The Morgan fingerprint density at radius 2 is 1.88 bits per heavy atom. The summed E-state index contributed by atoms with van der Waals surface area (Å²) >= 11 is 0. The Morgan fingerprint density at radius 3 is 2.56 bits per heavy atom. The van der Waals surface area contributed by atoms with Gasteiger partial charge in [0.25, 0.3) is 0 Å². The van der Waals surface area contributed by atoms with E-state index in [1.165, 1.54) is 24.6 Å². The van der Waals surface area contributed by atoms with Crippen LogP contribution in [0.1, 0.15) is 36.8 Å². The zero-order chi connectivity index (χ0) is 23.9. The summed E-state index contributed by atoms with van der Waals surface area (Å²) < 4.78 is 61.0. The lowest BCUT2D eigenvalue weighted by atomic mass is 10.0. The molecule has 5 nitrogen and oxygen atoms in total. The van der Waals surface area contributed by atoms with E-state index in [1.54, 1.807) is 6.92 Å². The maximum Gasteiger partial charge on any atom is 0.420 e. The zero-order valence-electron chi connectivity index (χ0n) is 19.2. The van der Waals surface area contributed by atoms with Gasteiger partial charge in [-0.3, -0.25) is 0 Å². The van der Waals surface area contributed by atoms with Crippen LogP contribution in [-0.4, -0.2) is 54.0 Å². The number of aromatic nitrogens is 2. The number of benzene rings is 1. The summed E-state index contributed by atoms with van der Waals surface area (Å²) in [5.41, 5.74) is 0.0959. The number of halogens is 4. The molecule has 1 aromatic heterocycles. The second kappa shape index (κ2) is 9.41. The lowest BCUT2D eigenvalue weighted by Gasteiger charge is -2.28. The molecular weight excluding hydrogens is 448 g/mol. The minimum Gasteiger partial charge on any atom is -0.381 e. The van der Waals surface area contributed by atoms with E-state index in [9.17, 15) is 17.6 Å². The first-order valence-corrected chi connectivity index (χ1v) is 12.0. The van der Waals surface area contributed by atoms with Gasteiger partial charge in [0.15, 0.2) is 5.82 Å². The van der Waals surface area contributed by atoms with E-state index in [-0.39, 0.29) is 17.6 Å². The minimum absolute atomic E-state index is 0.0144. The molecule has 34 heavy (non-hydrogen) atoms. The van der Waals surface area contributed by atoms with Crippen LogP contribution in [0.15, 0.2) is 24.3 Å². The first kappa shape index (κ1) is 23.5. The van der Waals surface area contributed by atoms with E-state index >= 15 is 0 Å². The number of anilines is 1. The molecule has 1 saturated carbocycles. The molecule has 2 aliphatic heterocycles. The van der Waals surface area contributed by atoms with Gasteiger partial charge < -0.3 is 15.0 Å². The van der Waals surface area contributed by atoms with E-state index < -0.39 is 17.6 Å². The molecule has 184 valence electrons. The molecule has 3 fully saturated rings. The topological polar surface area (TPSA) is 50.3 Å². The summed E-state index contributed by atoms with van der Waals surface area (Å²) in [6.07, 6.45) is -0.614. The van der Waals surface area contributed by atoms with Gasteiger partial charge in [0, 0.05) is 37.8 Å². The smallest absolute Gasteiger partial charge is 0.381 e. The van der Waals surface area contributed by atoms with E-state index in [0.717, 1.165) is 58.2 Å². The van der Waals surface area contributed by atoms with Crippen molar-refractivity contribution in [2.45, 2.75) is 44.8 Å². The van der Waals surface area contributed by atoms with Crippen LogP contribution in [-0.2, 0) is 10.9 Å². The quantitative estimate of drug-likeness (QED) is 0.602. The van der Waals surface area contributed by atoms with Crippen LogP contribution in [0, 0.1) is 30.5 Å². The molecule has 2 saturated heterocycles. The van der Waals surface area contributed by atoms with Gasteiger partial charge in [0.1, 0.15) is 11.4 Å². The molecule has 2 aromatic rings. The molecular formula is C25H30F4N4O. The summed E-state index contributed by atoms with van der Waals surface area (Å²) in [7, 11) is 0. The molecule has 1 aromatic carbocycles. The standard InChI is InChI=1S/C25H30F4N4O/c1-15-4-5-19(26)9-21(15)23-10-22(25(27,28)29)24(32-31-23)30-20-7-17-12-33(13-18(17)8-20)11-16-3-2-6-34-14-16/h4-5,9-10,16-18,20H,2-3,6-8,11-14H2,1H3,(H,30,32)/t16?,17-,18+,20?. The van der Waals surface area contributed by atoms with Crippen molar-refractivity contribution in [2.24, 2.45) is 17.8 Å². The normalized spacial score (nSPS) is 27.7. The largest absolute Gasteiger partial charge is 0.420 e. The maximum atomic E-state index is 13.9. The average molecular weight is 479 g/mol. The summed E-state index contributed by atoms with van der Waals surface area (Å²) in [6.45, 7) is 6.44. The van der Waals surface area contributed by atoms with Crippen LogP contribution in [0.5, 0.6) is 0 Å². The van der Waals surface area contributed by atoms with E-state index in [4.69, 9.17) is 4.74 Å². The summed E-state index contributed by atoms with van der Waals surface area (Å²) in [5, 5.41) is 11.0. The Balaban J connectivity index is 1.26. The van der Waals surface area contributed by atoms with Crippen LogP contribution in [0.2, 0.25) is 0 Å². The van der Waals surface area contributed by atoms with E-state index in [2.05, 4.69) is 20.4 Å². The van der Waals surface area contributed by atoms with Gasteiger partial charge in [-0.25, -0.2) is 4.39 Å². The Bertz CT molecular complexity index is 1010. The monoisotopic (exact) mass is 478 g/mol. The number of aryl methyl sites for hydroxylation is 1. The molecule has 9 heteroatoms. The average Bonchev–Trinajstić information content (AvgIpc) is 3.33. The van der Waals surface area contributed by atoms with Gasteiger partial charge in [-0.2, -0.15) is 13.2 Å². The van der Waals surface area contributed by atoms with Crippen LogP contribution in [0.25, 0.3) is 11.3 Å². The number of hydrogen-bond acceptors (Lipinski definition) is 5. The van der Waals surface area contributed by atoms with Crippen LogP contribution in [0.4, 0.5) is 23.4 Å². The number of hydrogen-bond donors (Lipinski definition) is 1. The van der Waals surface area contributed by atoms with Crippen molar-refractivity contribution in [3.8, 4) is 11.3 Å². The van der Waals surface area contributed by atoms with Gasteiger partial charge in [0.05, 0.1) is 12.3 Å². The fourth-order valence-corrected chi connectivity index (χ4v) is 5.89. The minimum atomic E-state index is -4.60. The summed E-state index contributed by atoms with van der Waals surface area (Å²) in [6, 6.07) is 4.89. The maximum absolute atomic E-state index is 13.9. The third kappa shape index (κ3) is 5.05. The second-order valence-corrected chi connectivity index (χ2v) is 10.1. The lowest BCUT2D eigenvalue weighted by molar-refractivity contribution is -0.137. The van der Waals surface area contributed by atoms with E-state index in [1.807, 2.05) is 0 Å². The third-order valence-corrected chi connectivity index (χ3v) is 7.51. The van der Waals surface area contributed by atoms with Crippen molar-refractivity contribution in [3.05, 3.63) is 41.2 Å². The highest BCUT2D eigenvalue weighted by atomic mass is 19.4. The highest BCUT2D eigenvalue weighted by molar-refractivity contribution is 5.65. The fourth-order valence-electron chi connectivity index (χ4n) is 5.89. The predicted octanol–water partition coefficient (Wildman–Crippen LogP) is 5.16. The highest BCUT2D eigenvalue weighted by Gasteiger charge is 2.43. The summed E-state index contributed by atoms with van der Waals surface area (Å²) in [4.78, 5) is 2.50. The number of nitrogens with one attached hydrogen (secondary N) is 1. The number of rotatable bonds is 5. The van der Waals surface area contributed by atoms with Crippen LogP contribution in [0.3, 0.4) is 0 Å². The fraction of sp³-hybridized carbons (Fsp3) is 0.600. The van der Waals surface area contributed by atoms with Crippen molar-refractivity contribution >= 4 is 5.82 Å². The van der Waals surface area contributed by atoms with Crippen LogP contribution < -0.4 is 5.32 Å². The Morgan fingerprint density at radius 1 is 1.12 bits per heavy atom. The first-order chi connectivity index (χ1) is 16.3. The SMILES string of the molecule is Cc1ccc(F)cc1-c1cc(C(F)(F)F)c(NC2C[C@@H]3CN(CC4CCCOC4)C[C@@H]3C2)nn1. The molecule has 0 bridgehead atoms. The number of likely N-dealkylation sites (tertiary alicyclic amines) is 1. The zero-order valence-corrected chi connectivity index (χ0v) is 19.2. The van der Waals surface area contributed by atoms with Gasteiger partial charge >= 0.3 is 6.18 Å². The van der Waals surface area contributed by atoms with Gasteiger partial charge in [0.2, 0.25) is 0 Å². The second-order valence-electron chi connectivity index (χ2n) is 10.1. The molecule has 5 rings (SSSR count). The van der Waals surface area contributed by atoms with E-state index in [0.29, 0.717) is 28.9 Å². The van der Waals surface area contributed by atoms with Gasteiger partial charge in [-0.15, -0.1) is 10.2 Å². The molecule has 3 aliphatic rings. The van der Waals surface area contributed by atoms with Gasteiger partial charge in [-0.05, 0) is 74.1 Å². The third-order valence-electron chi connectivity index (χ3n) is 7.51. The van der Waals surface area contributed by atoms with Crippen LogP contribution >= 0.6 is 0 Å². The number of fused-ring (bicyclic) bond motifs is 1. The summed E-state index contributed by atoms with van der Waals surface area (Å²) in [5.74, 6) is 0.788. The number of ether oxygens (including phenoxy) is 1. The molecule has 2 unspecified atom stereocenters. The molecule has 3 heterocycles. The Hall–Kier alpha value is -2.26. The Kier molecular flexibility index (Phi) is 6.50. The lowest BCUT2D eigenvalue weighted by Crippen LogP contribution is -2.33. The molecule has 1 aliphatic carbocycles. The van der Waals surface area contributed by atoms with Crippen molar-refractivity contribution in [1.29, 1.82) is 0 Å². The molecule has 1 N–H and O–H groups in total. The molecule has 0 spiro atoms. The van der Waals surface area contributed by atoms with Crippen molar-refractivity contribution in [1.82, 2.24) is 15.1 Å². The van der Waals surface area contributed by atoms with Crippen molar-refractivity contribution < 1.29 is 22.3 Å². The molecule has 4 atom stereocenters. The number of alkyl halides is 3. The predicted molar refractivity (Wildman–Crippen MR) is 121 cm³/mol. The first-order valence-electron chi connectivity index (χ1n) is 12.0. The number of nitrogens with zero attached hydrogens (tertiary/aromatic N) is 3.